The van der Waals surface area contributed by atoms with Crippen molar-refractivity contribution >= 4 is 11.8 Å². The van der Waals surface area contributed by atoms with E-state index in [1.165, 1.54) is 0 Å². The van der Waals surface area contributed by atoms with Crippen LogP contribution in [0, 0.1) is 12.8 Å². The molecule has 0 spiro atoms. The van der Waals surface area contributed by atoms with Gasteiger partial charge in [0.25, 0.3) is 0 Å². The second-order valence-corrected chi connectivity index (χ2v) is 6.11. The van der Waals surface area contributed by atoms with Crippen LogP contribution in [0.1, 0.15) is 18.5 Å². The number of nitrogens with zero attached hydrogens (tertiary/aromatic N) is 3. The molecule has 6 nitrogen and oxygen atoms in total. The zero-order chi connectivity index (χ0) is 15.7. The second kappa shape index (κ2) is 5.94. The molecule has 118 valence electrons. The van der Waals surface area contributed by atoms with Crippen molar-refractivity contribution in [3.8, 4) is 5.88 Å². The van der Waals surface area contributed by atoms with Gasteiger partial charge in [-0.25, -0.2) is 4.98 Å². The van der Waals surface area contributed by atoms with Gasteiger partial charge in [-0.05, 0) is 13.0 Å². The number of rotatable bonds is 3. The van der Waals surface area contributed by atoms with Gasteiger partial charge in [0.1, 0.15) is 6.10 Å². The average molecular weight is 303 g/mol. The van der Waals surface area contributed by atoms with Gasteiger partial charge in [-0.1, -0.05) is 6.07 Å². The molecule has 2 unspecified atom stereocenters. The van der Waals surface area contributed by atoms with Crippen molar-refractivity contribution in [1.29, 1.82) is 0 Å². The third-order valence-electron chi connectivity index (χ3n) is 4.30. The largest absolute Gasteiger partial charge is 0.472 e. The number of ether oxygens (including phenoxy) is 1. The van der Waals surface area contributed by atoms with Crippen LogP contribution in [-0.2, 0) is 9.59 Å². The Morgan fingerprint density at radius 3 is 2.86 bits per heavy atom. The van der Waals surface area contributed by atoms with E-state index < -0.39 is 0 Å². The molecule has 3 rings (SSSR count). The lowest BCUT2D eigenvalue weighted by Crippen LogP contribution is -2.36. The molecule has 2 amide bonds. The number of aryl methyl sites for hydroxylation is 1. The number of hydrogen-bond donors (Lipinski definition) is 0. The zero-order valence-electron chi connectivity index (χ0n) is 13.0. The Bertz CT molecular complexity index is 590. The number of amides is 2. The summed E-state index contributed by atoms with van der Waals surface area (Å²) in [4.78, 5) is 31.8. The SMILES string of the molecule is Cc1cccc(OC2CCN(C(=O)C3CC(=O)N(C)C3)C2)n1. The normalized spacial score (nSPS) is 24.9. The maximum absolute atomic E-state index is 12.5. The highest BCUT2D eigenvalue weighted by atomic mass is 16.5. The molecule has 3 heterocycles. The molecule has 0 aromatic carbocycles. The molecule has 6 heteroatoms. The van der Waals surface area contributed by atoms with Crippen LogP contribution in [0.25, 0.3) is 0 Å². The summed E-state index contributed by atoms with van der Waals surface area (Å²) in [5, 5.41) is 0. The first-order chi connectivity index (χ1) is 10.5. The predicted molar refractivity (Wildman–Crippen MR) is 80.3 cm³/mol. The summed E-state index contributed by atoms with van der Waals surface area (Å²) in [5.74, 6) is 0.527. The van der Waals surface area contributed by atoms with Crippen LogP contribution in [0.5, 0.6) is 5.88 Å². The van der Waals surface area contributed by atoms with Gasteiger partial charge in [0.05, 0.1) is 12.5 Å². The van der Waals surface area contributed by atoms with E-state index in [1.807, 2.05) is 30.0 Å². The minimum Gasteiger partial charge on any atom is -0.472 e. The summed E-state index contributed by atoms with van der Waals surface area (Å²) in [5.41, 5.74) is 0.913. The van der Waals surface area contributed by atoms with E-state index in [1.54, 1.807) is 11.9 Å². The molecular weight excluding hydrogens is 282 g/mol. The molecule has 0 radical (unpaired) electrons. The minimum atomic E-state index is -0.201. The smallest absolute Gasteiger partial charge is 0.228 e. The predicted octanol–water partition coefficient (Wildman–Crippen LogP) is 0.848. The van der Waals surface area contributed by atoms with Crippen LogP contribution in [-0.4, -0.2) is 59.4 Å². The van der Waals surface area contributed by atoms with Crippen molar-refractivity contribution in [2.75, 3.05) is 26.7 Å². The van der Waals surface area contributed by atoms with E-state index in [9.17, 15) is 9.59 Å². The topological polar surface area (TPSA) is 62.7 Å². The fraction of sp³-hybridized carbons (Fsp3) is 0.562. The van der Waals surface area contributed by atoms with Crippen molar-refractivity contribution in [1.82, 2.24) is 14.8 Å². The number of aromatic nitrogens is 1. The Balaban J connectivity index is 1.56. The first-order valence-corrected chi connectivity index (χ1v) is 7.66. The Labute approximate surface area is 130 Å². The van der Waals surface area contributed by atoms with Crippen molar-refractivity contribution in [2.45, 2.75) is 25.9 Å². The van der Waals surface area contributed by atoms with E-state index in [4.69, 9.17) is 4.74 Å². The molecular formula is C16H21N3O3. The molecule has 2 saturated heterocycles. The minimum absolute atomic E-state index is 0.0203. The third-order valence-corrected chi connectivity index (χ3v) is 4.30. The number of pyridine rings is 1. The number of likely N-dealkylation sites (tertiary alicyclic amines) is 2. The van der Waals surface area contributed by atoms with Crippen LogP contribution < -0.4 is 4.74 Å². The summed E-state index contributed by atoms with van der Waals surface area (Å²) < 4.78 is 5.86. The Kier molecular flexibility index (Phi) is 4.00. The summed E-state index contributed by atoms with van der Waals surface area (Å²) >= 11 is 0. The molecule has 2 aliphatic heterocycles. The Hall–Kier alpha value is -2.11. The molecule has 1 aromatic rings. The summed E-state index contributed by atoms with van der Waals surface area (Å²) in [6.45, 7) is 3.71. The molecule has 0 bridgehead atoms. The number of carbonyl (C=O) groups excluding carboxylic acids is 2. The molecule has 0 N–H and O–H groups in total. The van der Waals surface area contributed by atoms with Gasteiger partial charge in [0.2, 0.25) is 17.7 Å². The molecule has 2 fully saturated rings. The fourth-order valence-electron chi connectivity index (χ4n) is 3.07. The van der Waals surface area contributed by atoms with Crippen LogP contribution in [0.4, 0.5) is 0 Å². The molecule has 0 saturated carbocycles. The highest BCUT2D eigenvalue weighted by molar-refractivity contribution is 5.89. The average Bonchev–Trinajstić information content (AvgIpc) is 3.06. The summed E-state index contributed by atoms with van der Waals surface area (Å²) in [7, 11) is 1.74. The first-order valence-electron chi connectivity index (χ1n) is 7.66. The van der Waals surface area contributed by atoms with Crippen LogP contribution in [0.15, 0.2) is 18.2 Å². The van der Waals surface area contributed by atoms with Gasteiger partial charge < -0.3 is 14.5 Å². The summed E-state index contributed by atoms with van der Waals surface area (Å²) in [6, 6.07) is 5.67. The van der Waals surface area contributed by atoms with E-state index in [2.05, 4.69) is 4.98 Å². The van der Waals surface area contributed by atoms with Gasteiger partial charge in [-0.2, -0.15) is 0 Å². The third kappa shape index (κ3) is 3.05. The van der Waals surface area contributed by atoms with E-state index >= 15 is 0 Å². The highest BCUT2D eigenvalue weighted by Gasteiger charge is 2.37. The van der Waals surface area contributed by atoms with Gasteiger partial charge in [0, 0.05) is 44.7 Å². The molecule has 0 aliphatic carbocycles. The maximum Gasteiger partial charge on any atom is 0.228 e. The highest BCUT2D eigenvalue weighted by Crippen LogP contribution is 2.23. The standard InChI is InChI=1S/C16H21N3O3/c1-11-4-3-5-14(17-11)22-13-6-7-19(10-13)16(21)12-8-15(20)18(2)9-12/h3-5,12-13H,6-10H2,1-2H3. The van der Waals surface area contributed by atoms with Crippen LogP contribution in [0.2, 0.25) is 0 Å². The second-order valence-electron chi connectivity index (χ2n) is 6.11. The number of hydrogen-bond acceptors (Lipinski definition) is 4. The van der Waals surface area contributed by atoms with Crippen LogP contribution in [0.3, 0.4) is 0 Å². The maximum atomic E-state index is 12.5. The van der Waals surface area contributed by atoms with Crippen LogP contribution >= 0.6 is 0 Å². The van der Waals surface area contributed by atoms with Crippen molar-refractivity contribution in [3.63, 3.8) is 0 Å². The lowest BCUT2D eigenvalue weighted by Gasteiger charge is -2.20. The molecule has 1 aromatic heterocycles. The monoisotopic (exact) mass is 303 g/mol. The van der Waals surface area contributed by atoms with Crippen molar-refractivity contribution < 1.29 is 14.3 Å². The lowest BCUT2D eigenvalue weighted by molar-refractivity contribution is -0.135. The number of carbonyl (C=O) groups is 2. The van der Waals surface area contributed by atoms with Gasteiger partial charge in [-0.15, -0.1) is 0 Å². The fourth-order valence-corrected chi connectivity index (χ4v) is 3.07. The first kappa shape index (κ1) is 14.8. The van der Waals surface area contributed by atoms with E-state index in [-0.39, 0.29) is 23.8 Å². The Morgan fingerprint density at radius 1 is 1.36 bits per heavy atom. The van der Waals surface area contributed by atoms with Crippen molar-refractivity contribution in [2.24, 2.45) is 5.92 Å². The quantitative estimate of drug-likeness (QED) is 0.830. The van der Waals surface area contributed by atoms with Gasteiger partial charge in [0.15, 0.2) is 0 Å². The Morgan fingerprint density at radius 2 is 2.18 bits per heavy atom. The lowest BCUT2D eigenvalue weighted by atomic mass is 10.1. The molecule has 2 aliphatic rings. The van der Waals surface area contributed by atoms with Crippen molar-refractivity contribution in [3.05, 3.63) is 23.9 Å². The van der Waals surface area contributed by atoms with Gasteiger partial charge in [-0.3, -0.25) is 9.59 Å². The van der Waals surface area contributed by atoms with E-state index in [0.717, 1.165) is 12.1 Å². The van der Waals surface area contributed by atoms with E-state index in [0.29, 0.717) is 31.9 Å². The molecule has 2 atom stereocenters. The zero-order valence-corrected chi connectivity index (χ0v) is 13.0. The van der Waals surface area contributed by atoms with Gasteiger partial charge >= 0.3 is 0 Å². The summed E-state index contributed by atoms with van der Waals surface area (Å²) in [6.07, 6.45) is 1.11. The molecule has 22 heavy (non-hydrogen) atoms.